The Bertz CT molecular complexity index is 1330. The molecule has 3 aromatic carbocycles. The van der Waals surface area contributed by atoms with E-state index in [-0.39, 0.29) is 0 Å². The summed E-state index contributed by atoms with van der Waals surface area (Å²) in [4.78, 5) is 0. The van der Waals surface area contributed by atoms with Crippen LogP contribution in [0.15, 0.2) is 36.4 Å². The Morgan fingerprint density at radius 2 is 1.70 bits per heavy atom. The Labute approximate surface area is 227 Å². The summed E-state index contributed by atoms with van der Waals surface area (Å²) in [5, 5.41) is 9.35. The van der Waals surface area contributed by atoms with Gasteiger partial charge in [0.15, 0.2) is 0 Å². The predicted octanol–water partition coefficient (Wildman–Crippen LogP) is 9.30. The van der Waals surface area contributed by atoms with E-state index in [1.54, 1.807) is 5.56 Å². The topological polar surface area (TPSA) is 12.0 Å². The van der Waals surface area contributed by atoms with Gasteiger partial charge in [-0.05, 0) is 133 Å². The molecule has 0 amide bonds. The first-order valence-electron chi connectivity index (χ1n) is 14.9. The zero-order valence-electron chi connectivity index (χ0n) is 25.1. The molecule has 1 heteroatoms. The van der Waals surface area contributed by atoms with Gasteiger partial charge in [-0.25, -0.2) is 0 Å². The molecule has 0 aromatic heterocycles. The lowest BCUT2D eigenvalue weighted by Gasteiger charge is -2.22. The third-order valence-electron chi connectivity index (χ3n) is 8.50. The molecule has 200 valence electrons. The first-order chi connectivity index (χ1) is 17.8. The van der Waals surface area contributed by atoms with Crippen molar-refractivity contribution in [2.24, 2.45) is 0 Å². The van der Waals surface area contributed by atoms with E-state index in [1.165, 1.54) is 80.4 Å². The maximum atomic E-state index is 3.57. The highest BCUT2D eigenvalue weighted by molar-refractivity contribution is 5.93. The highest BCUT2D eigenvalue weighted by Gasteiger charge is 2.17. The molecular weight excluding hydrogens is 446 g/mol. The van der Waals surface area contributed by atoms with E-state index in [4.69, 9.17) is 0 Å². The summed E-state index contributed by atoms with van der Waals surface area (Å²) in [5.74, 6) is 1.06. The third kappa shape index (κ3) is 6.49. The molecule has 1 nitrogen and oxygen atoms in total. The molecule has 0 saturated carbocycles. The lowest BCUT2D eigenvalue weighted by Crippen LogP contribution is -2.28. The second kappa shape index (κ2) is 13.3. The van der Waals surface area contributed by atoms with E-state index < -0.39 is 0 Å². The van der Waals surface area contributed by atoms with Gasteiger partial charge in [0, 0.05) is 12.2 Å². The number of benzene rings is 3. The van der Waals surface area contributed by atoms with Crippen molar-refractivity contribution >= 4 is 28.1 Å². The van der Waals surface area contributed by atoms with E-state index >= 15 is 0 Å². The molecular formula is C36H51N. The van der Waals surface area contributed by atoms with Crippen LogP contribution in [-0.4, -0.2) is 6.54 Å². The van der Waals surface area contributed by atoms with Crippen molar-refractivity contribution in [3.05, 3.63) is 74.7 Å². The highest BCUT2D eigenvalue weighted by atomic mass is 14.9. The second-order valence-corrected chi connectivity index (χ2v) is 11.2. The van der Waals surface area contributed by atoms with Crippen molar-refractivity contribution in [3.63, 3.8) is 0 Å². The third-order valence-corrected chi connectivity index (χ3v) is 8.50. The van der Waals surface area contributed by atoms with Gasteiger partial charge in [-0.2, -0.15) is 0 Å². The predicted molar refractivity (Wildman–Crippen MR) is 167 cm³/mol. The fraction of sp³-hybridized carbons (Fsp3) is 0.500. The maximum Gasteiger partial charge on any atom is 0.0376 e. The standard InChI is InChI=1S/C36H51N/c1-10-14-16-30-22-33(28(9)32-18-15-17-31(36(30)32)24(5)11-2)26(7)19-20-29-23-35(37-13-4)27(8)21-34(29)25(6)12-3/h15,17-18,20-24,26,37H,10-14,16,19H2,1-9H3. The molecule has 0 aliphatic rings. The average molecular weight is 498 g/mol. The number of nitrogens with one attached hydrogen (secondary N) is 1. The van der Waals surface area contributed by atoms with Gasteiger partial charge in [0.1, 0.15) is 0 Å². The van der Waals surface area contributed by atoms with Gasteiger partial charge in [-0.15, -0.1) is 0 Å². The van der Waals surface area contributed by atoms with E-state index in [0.29, 0.717) is 11.8 Å². The fourth-order valence-electron chi connectivity index (χ4n) is 5.74. The average Bonchev–Trinajstić information content (AvgIpc) is 2.91. The molecule has 3 rings (SSSR count). The molecule has 0 aliphatic carbocycles. The summed E-state index contributed by atoms with van der Waals surface area (Å²) in [6.07, 6.45) is 9.45. The summed E-state index contributed by atoms with van der Waals surface area (Å²) in [7, 11) is 0. The number of aryl methyl sites for hydroxylation is 3. The summed E-state index contributed by atoms with van der Waals surface area (Å²) >= 11 is 0. The Morgan fingerprint density at radius 3 is 2.35 bits per heavy atom. The normalized spacial score (nSPS) is 14.7. The molecule has 0 radical (unpaired) electrons. The fourth-order valence-corrected chi connectivity index (χ4v) is 5.74. The molecule has 0 bridgehead atoms. The SMILES string of the molecule is CCCCc1cc(C(C)CC=c2cc(NCC)c(C)cc2=C(C)CC)c(C)c2cccc(C(C)CC)c12. The molecule has 2 atom stereocenters. The zero-order chi connectivity index (χ0) is 27.1. The second-order valence-electron chi connectivity index (χ2n) is 11.2. The molecule has 3 aromatic rings. The van der Waals surface area contributed by atoms with Crippen molar-refractivity contribution < 1.29 is 0 Å². The molecule has 1 N–H and O–H groups in total. The number of hydrogen-bond acceptors (Lipinski definition) is 1. The van der Waals surface area contributed by atoms with Gasteiger partial charge < -0.3 is 5.32 Å². The van der Waals surface area contributed by atoms with Crippen LogP contribution in [-0.2, 0) is 6.42 Å². The van der Waals surface area contributed by atoms with Crippen LogP contribution >= 0.6 is 0 Å². The van der Waals surface area contributed by atoms with Crippen molar-refractivity contribution in [3.8, 4) is 0 Å². The van der Waals surface area contributed by atoms with Crippen molar-refractivity contribution in [2.75, 3.05) is 11.9 Å². The van der Waals surface area contributed by atoms with Crippen LogP contribution in [0.4, 0.5) is 5.69 Å². The molecule has 0 spiro atoms. The monoisotopic (exact) mass is 497 g/mol. The minimum Gasteiger partial charge on any atom is -0.385 e. The maximum absolute atomic E-state index is 3.57. The minimum atomic E-state index is 0.468. The highest BCUT2D eigenvalue weighted by Crippen LogP contribution is 2.37. The van der Waals surface area contributed by atoms with E-state index in [2.05, 4.69) is 110 Å². The van der Waals surface area contributed by atoms with Crippen LogP contribution in [0.1, 0.15) is 120 Å². The van der Waals surface area contributed by atoms with Crippen LogP contribution in [0.2, 0.25) is 0 Å². The lowest BCUT2D eigenvalue weighted by molar-refractivity contribution is 0.736. The van der Waals surface area contributed by atoms with Gasteiger partial charge in [0.25, 0.3) is 0 Å². The number of unbranched alkanes of at least 4 members (excludes halogenated alkanes) is 1. The van der Waals surface area contributed by atoms with Crippen LogP contribution in [0.3, 0.4) is 0 Å². The van der Waals surface area contributed by atoms with Crippen molar-refractivity contribution in [2.45, 2.75) is 113 Å². The molecule has 0 fully saturated rings. The number of fused-ring (bicyclic) bond motifs is 1. The largest absolute Gasteiger partial charge is 0.385 e. The quantitative estimate of drug-likeness (QED) is 0.278. The van der Waals surface area contributed by atoms with E-state index in [9.17, 15) is 0 Å². The number of anilines is 1. The van der Waals surface area contributed by atoms with Crippen LogP contribution in [0.5, 0.6) is 0 Å². The lowest BCUT2D eigenvalue weighted by atomic mass is 9.82. The zero-order valence-corrected chi connectivity index (χ0v) is 25.1. The number of rotatable bonds is 11. The van der Waals surface area contributed by atoms with E-state index in [0.717, 1.165) is 19.4 Å². The molecule has 2 unspecified atom stereocenters. The summed E-state index contributed by atoms with van der Waals surface area (Å²) in [6, 6.07) is 14.3. The number of hydrogen-bond donors (Lipinski definition) is 1. The van der Waals surface area contributed by atoms with Crippen LogP contribution in [0, 0.1) is 13.8 Å². The Kier molecular flexibility index (Phi) is 10.4. The van der Waals surface area contributed by atoms with Gasteiger partial charge >= 0.3 is 0 Å². The van der Waals surface area contributed by atoms with E-state index in [1.807, 2.05) is 0 Å². The van der Waals surface area contributed by atoms with Crippen molar-refractivity contribution in [1.29, 1.82) is 0 Å². The molecule has 0 aliphatic heterocycles. The summed E-state index contributed by atoms with van der Waals surface area (Å²) in [6.45, 7) is 21.7. The van der Waals surface area contributed by atoms with Crippen LogP contribution < -0.4 is 15.8 Å². The first kappa shape index (κ1) is 29.0. The molecule has 37 heavy (non-hydrogen) atoms. The summed E-state index contributed by atoms with van der Waals surface area (Å²) < 4.78 is 0. The Balaban J connectivity index is 2.14. The Morgan fingerprint density at radius 1 is 0.946 bits per heavy atom. The summed E-state index contributed by atoms with van der Waals surface area (Å²) in [5.41, 5.74) is 10.1. The van der Waals surface area contributed by atoms with Crippen LogP contribution in [0.25, 0.3) is 22.4 Å². The smallest absolute Gasteiger partial charge is 0.0376 e. The van der Waals surface area contributed by atoms with Gasteiger partial charge in [0.05, 0.1) is 0 Å². The Hall–Kier alpha value is -2.54. The van der Waals surface area contributed by atoms with Gasteiger partial charge in [0.2, 0.25) is 0 Å². The molecule has 0 saturated heterocycles. The first-order valence-corrected chi connectivity index (χ1v) is 14.9. The molecule has 0 heterocycles. The minimum absolute atomic E-state index is 0.468. The van der Waals surface area contributed by atoms with Gasteiger partial charge in [-0.3, -0.25) is 0 Å². The van der Waals surface area contributed by atoms with Gasteiger partial charge in [-0.1, -0.05) is 77.0 Å². The van der Waals surface area contributed by atoms with Crippen molar-refractivity contribution in [1.82, 2.24) is 0 Å².